The summed E-state index contributed by atoms with van der Waals surface area (Å²) >= 11 is 0. The first kappa shape index (κ1) is 14.8. The zero-order chi connectivity index (χ0) is 13.6. The average molecular weight is 251 g/mol. The Morgan fingerprint density at radius 1 is 1.00 bits per heavy atom. The number of rotatable bonds is 7. The summed E-state index contributed by atoms with van der Waals surface area (Å²) < 4.78 is 0. The molecule has 0 saturated carbocycles. The van der Waals surface area contributed by atoms with Gasteiger partial charge in [-0.05, 0) is 25.7 Å². The van der Waals surface area contributed by atoms with Gasteiger partial charge < -0.3 is 11.1 Å². The van der Waals surface area contributed by atoms with Crippen LogP contribution in [0.5, 0.6) is 0 Å². The van der Waals surface area contributed by atoms with Crippen molar-refractivity contribution in [2.45, 2.75) is 58.9 Å². The van der Waals surface area contributed by atoms with Crippen LogP contribution in [0.25, 0.3) is 0 Å². The minimum Gasteiger partial charge on any atom is -0.346 e. The number of anilines is 1. The summed E-state index contributed by atoms with van der Waals surface area (Å²) in [6.45, 7) is 8.97. The second-order valence-electron chi connectivity index (χ2n) is 4.55. The highest BCUT2D eigenvalue weighted by Gasteiger charge is 2.25. The zero-order valence-electron chi connectivity index (χ0n) is 12.0. The lowest BCUT2D eigenvalue weighted by Crippen LogP contribution is -2.45. The summed E-state index contributed by atoms with van der Waals surface area (Å²) in [5.41, 5.74) is 7.74. The molecule has 0 aliphatic rings. The molecule has 18 heavy (non-hydrogen) atoms. The van der Waals surface area contributed by atoms with Crippen molar-refractivity contribution < 1.29 is 0 Å². The molecule has 0 unspecified atom stereocenters. The molecular weight excluding hydrogens is 226 g/mol. The third-order valence-corrected chi connectivity index (χ3v) is 3.63. The van der Waals surface area contributed by atoms with E-state index in [2.05, 4.69) is 48.2 Å². The molecule has 3 N–H and O–H groups in total. The Hall–Kier alpha value is -1.23. The molecule has 0 aromatic carbocycles. The molecule has 0 aliphatic heterocycles. The molecule has 0 aliphatic carbocycles. The first-order valence-corrected chi connectivity index (χ1v) is 6.85. The molecule has 0 fully saturated rings. The monoisotopic (exact) mass is 251 g/mol. The van der Waals surface area contributed by atoms with Crippen molar-refractivity contribution in [1.82, 2.24) is 15.2 Å². The quantitative estimate of drug-likeness (QED) is 0.774. The van der Waals surface area contributed by atoms with Crippen LogP contribution in [-0.4, -0.2) is 27.3 Å². The van der Waals surface area contributed by atoms with Crippen LogP contribution in [0.3, 0.4) is 0 Å². The summed E-state index contributed by atoms with van der Waals surface area (Å²) in [6.07, 6.45) is 3.63. The van der Waals surface area contributed by atoms with E-state index in [4.69, 9.17) is 5.73 Å². The van der Waals surface area contributed by atoms with Gasteiger partial charge in [0.15, 0.2) is 0 Å². The van der Waals surface area contributed by atoms with Crippen molar-refractivity contribution in [2.24, 2.45) is 5.73 Å². The molecule has 0 amide bonds. The van der Waals surface area contributed by atoms with Gasteiger partial charge in [-0.3, -0.25) is 0 Å². The average Bonchev–Trinajstić information content (AvgIpc) is 2.44. The molecule has 102 valence electrons. The zero-order valence-corrected chi connectivity index (χ0v) is 12.0. The van der Waals surface area contributed by atoms with Gasteiger partial charge in [0, 0.05) is 6.54 Å². The van der Waals surface area contributed by atoms with E-state index in [1.165, 1.54) is 0 Å². The lowest BCUT2D eigenvalue weighted by atomic mass is 9.93. The number of hydrogen-bond acceptors (Lipinski definition) is 5. The van der Waals surface area contributed by atoms with E-state index in [-0.39, 0.29) is 5.54 Å². The Bertz CT molecular complexity index is 365. The molecular formula is C13H25N5. The molecule has 0 spiro atoms. The minimum absolute atomic E-state index is 0.125. The standard InChI is InChI=1S/C13H25N5/c1-5-10-11(6-2)17-18-12(15-10)16-13(7-3,8-4)9-14/h5-9,14H2,1-4H3,(H,15,16,18). The van der Waals surface area contributed by atoms with Crippen LogP contribution in [0.4, 0.5) is 5.95 Å². The maximum atomic E-state index is 5.86. The summed E-state index contributed by atoms with van der Waals surface area (Å²) in [6, 6.07) is 0. The van der Waals surface area contributed by atoms with E-state index in [9.17, 15) is 0 Å². The fraction of sp³-hybridized carbons (Fsp3) is 0.769. The Balaban J connectivity index is 2.97. The van der Waals surface area contributed by atoms with Gasteiger partial charge in [0.2, 0.25) is 5.95 Å². The van der Waals surface area contributed by atoms with E-state index >= 15 is 0 Å². The topological polar surface area (TPSA) is 76.7 Å². The van der Waals surface area contributed by atoms with Crippen molar-refractivity contribution >= 4 is 5.95 Å². The van der Waals surface area contributed by atoms with Gasteiger partial charge >= 0.3 is 0 Å². The van der Waals surface area contributed by atoms with E-state index in [1.807, 2.05) is 0 Å². The normalized spacial score (nSPS) is 11.6. The van der Waals surface area contributed by atoms with Gasteiger partial charge in [-0.25, -0.2) is 4.98 Å². The fourth-order valence-electron chi connectivity index (χ4n) is 1.99. The SMILES string of the molecule is CCc1nnc(NC(CC)(CC)CN)nc1CC. The highest BCUT2D eigenvalue weighted by atomic mass is 15.3. The second-order valence-corrected chi connectivity index (χ2v) is 4.55. The third kappa shape index (κ3) is 3.16. The number of hydrogen-bond donors (Lipinski definition) is 2. The van der Waals surface area contributed by atoms with Crippen LogP contribution >= 0.6 is 0 Å². The fourth-order valence-corrected chi connectivity index (χ4v) is 1.99. The highest BCUT2D eigenvalue weighted by Crippen LogP contribution is 2.19. The van der Waals surface area contributed by atoms with Crippen molar-refractivity contribution in [3.8, 4) is 0 Å². The maximum absolute atomic E-state index is 5.86. The van der Waals surface area contributed by atoms with E-state index in [0.29, 0.717) is 12.5 Å². The third-order valence-electron chi connectivity index (χ3n) is 3.63. The number of nitrogens with one attached hydrogen (secondary N) is 1. The maximum Gasteiger partial charge on any atom is 0.243 e. The van der Waals surface area contributed by atoms with Gasteiger partial charge in [0.1, 0.15) is 0 Å². The lowest BCUT2D eigenvalue weighted by Gasteiger charge is -2.31. The Labute approximate surface area is 110 Å². The predicted molar refractivity (Wildman–Crippen MR) is 74.6 cm³/mol. The summed E-state index contributed by atoms with van der Waals surface area (Å²) in [7, 11) is 0. The minimum atomic E-state index is -0.125. The molecule has 0 bridgehead atoms. The predicted octanol–water partition coefficient (Wildman–Crippen LogP) is 1.93. The van der Waals surface area contributed by atoms with Gasteiger partial charge in [0.05, 0.1) is 16.9 Å². The lowest BCUT2D eigenvalue weighted by molar-refractivity contribution is 0.440. The summed E-state index contributed by atoms with van der Waals surface area (Å²) in [4.78, 5) is 4.55. The molecule has 1 aromatic rings. The smallest absolute Gasteiger partial charge is 0.243 e. The van der Waals surface area contributed by atoms with Crippen LogP contribution in [-0.2, 0) is 12.8 Å². The number of aromatic nitrogens is 3. The second kappa shape index (κ2) is 6.64. The van der Waals surface area contributed by atoms with Crippen LogP contribution < -0.4 is 11.1 Å². The molecule has 1 aromatic heterocycles. The molecule has 1 rings (SSSR count). The Kier molecular flexibility index (Phi) is 5.47. The molecule has 1 heterocycles. The van der Waals surface area contributed by atoms with Crippen LogP contribution in [0.15, 0.2) is 0 Å². The largest absolute Gasteiger partial charge is 0.346 e. The molecule has 0 radical (unpaired) electrons. The van der Waals surface area contributed by atoms with Crippen molar-refractivity contribution in [2.75, 3.05) is 11.9 Å². The number of aryl methyl sites for hydroxylation is 2. The molecule has 0 atom stereocenters. The van der Waals surface area contributed by atoms with Gasteiger partial charge in [-0.2, -0.15) is 5.10 Å². The first-order valence-electron chi connectivity index (χ1n) is 6.85. The number of nitrogens with two attached hydrogens (primary N) is 1. The molecule has 0 saturated heterocycles. The van der Waals surface area contributed by atoms with Crippen molar-refractivity contribution in [1.29, 1.82) is 0 Å². The molecule has 5 nitrogen and oxygen atoms in total. The van der Waals surface area contributed by atoms with Crippen LogP contribution in [0, 0.1) is 0 Å². The highest BCUT2D eigenvalue weighted by molar-refractivity contribution is 5.30. The van der Waals surface area contributed by atoms with Crippen molar-refractivity contribution in [3.05, 3.63) is 11.4 Å². The summed E-state index contributed by atoms with van der Waals surface area (Å²) in [5, 5.41) is 11.8. The Morgan fingerprint density at radius 2 is 1.61 bits per heavy atom. The number of nitrogens with zero attached hydrogens (tertiary/aromatic N) is 3. The van der Waals surface area contributed by atoms with E-state index < -0.39 is 0 Å². The van der Waals surface area contributed by atoms with Crippen LogP contribution in [0.2, 0.25) is 0 Å². The van der Waals surface area contributed by atoms with Crippen molar-refractivity contribution in [3.63, 3.8) is 0 Å². The van der Waals surface area contributed by atoms with E-state index in [1.54, 1.807) is 0 Å². The van der Waals surface area contributed by atoms with Crippen LogP contribution in [0.1, 0.15) is 51.9 Å². The summed E-state index contributed by atoms with van der Waals surface area (Å²) in [5.74, 6) is 0.596. The van der Waals surface area contributed by atoms with Gasteiger partial charge in [-0.15, -0.1) is 5.10 Å². The first-order chi connectivity index (χ1) is 8.64. The van der Waals surface area contributed by atoms with Gasteiger partial charge in [-0.1, -0.05) is 27.7 Å². The van der Waals surface area contributed by atoms with Gasteiger partial charge in [0.25, 0.3) is 0 Å². The Morgan fingerprint density at radius 3 is 2.06 bits per heavy atom. The van der Waals surface area contributed by atoms with E-state index in [0.717, 1.165) is 37.1 Å². The molecule has 5 heteroatoms.